The molecule has 1 heterocycles. The van der Waals surface area contributed by atoms with Crippen LogP contribution in [0.15, 0.2) is 53.4 Å². The third-order valence-electron chi connectivity index (χ3n) is 5.31. The molecule has 0 unspecified atom stereocenters. The molecule has 2 N–H and O–H groups in total. The van der Waals surface area contributed by atoms with Crippen molar-refractivity contribution >= 4 is 34.0 Å². The minimum absolute atomic E-state index is 0.537. The van der Waals surface area contributed by atoms with Crippen LogP contribution in [0.2, 0.25) is 0 Å². The van der Waals surface area contributed by atoms with E-state index in [0.29, 0.717) is 4.91 Å². The van der Waals surface area contributed by atoms with Crippen LogP contribution < -0.4 is 10.0 Å². The van der Waals surface area contributed by atoms with Crippen LogP contribution in [0.1, 0.15) is 26.5 Å². The number of hydrogen-bond acceptors (Lipinski definition) is 4. The summed E-state index contributed by atoms with van der Waals surface area (Å²) in [6, 6.07) is 19.5. The van der Waals surface area contributed by atoms with Crippen molar-refractivity contribution in [2.75, 3.05) is 18.0 Å². The van der Waals surface area contributed by atoms with Gasteiger partial charge in [-0.1, -0.05) is 18.2 Å². The van der Waals surface area contributed by atoms with Gasteiger partial charge in [-0.25, -0.2) is 0 Å². The summed E-state index contributed by atoms with van der Waals surface area (Å²) in [4.78, 5) is 2.89. The molecule has 2 aromatic carbocycles. The Labute approximate surface area is 171 Å². The first-order valence-electron chi connectivity index (χ1n) is 9.46. The summed E-state index contributed by atoms with van der Waals surface area (Å²) in [5.41, 5.74) is 5.43. The maximum absolute atomic E-state index is 9.27. The number of allylic oxidation sites excluding steroid dienone is 2. The summed E-state index contributed by atoms with van der Waals surface area (Å²) < 4.78 is 2.12. The van der Waals surface area contributed by atoms with Crippen molar-refractivity contribution in [2.24, 2.45) is 12.2 Å². The Balaban J connectivity index is 2.02. The van der Waals surface area contributed by atoms with Crippen LogP contribution in [0.25, 0.3) is 27.6 Å². The van der Waals surface area contributed by atoms with Gasteiger partial charge < -0.3 is 9.47 Å². The maximum Gasteiger partial charge on any atom is 0.108 e. The number of rotatable bonds is 6. The van der Waals surface area contributed by atoms with E-state index in [4.69, 9.17) is 5.14 Å². The molecule has 4 nitrogen and oxygen atoms in total. The highest BCUT2D eigenvalue weighted by atomic mass is 32.2. The van der Waals surface area contributed by atoms with Crippen LogP contribution in [0.4, 0.5) is 5.69 Å². The van der Waals surface area contributed by atoms with E-state index in [1.165, 1.54) is 16.5 Å². The minimum atomic E-state index is 0.537. The van der Waals surface area contributed by atoms with Crippen molar-refractivity contribution in [1.82, 2.24) is 4.57 Å². The summed E-state index contributed by atoms with van der Waals surface area (Å²) in [7, 11) is 2.03. The Morgan fingerprint density at radius 3 is 2.39 bits per heavy atom. The molecule has 0 bridgehead atoms. The number of nitrogens with zero attached hydrogens (tertiary/aromatic N) is 3. The number of nitrogens with two attached hydrogens (primary N) is 1. The molecule has 5 heteroatoms. The number of benzene rings is 2. The van der Waals surface area contributed by atoms with Crippen LogP contribution in [-0.2, 0) is 7.05 Å². The lowest BCUT2D eigenvalue weighted by atomic mass is 10.0. The lowest BCUT2D eigenvalue weighted by molar-refractivity contribution is 0.867. The van der Waals surface area contributed by atoms with Crippen molar-refractivity contribution in [3.05, 3.63) is 59.1 Å². The maximum atomic E-state index is 9.27. The Morgan fingerprint density at radius 1 is 1.07 bits per heavy atom. The van der Waals surface area contributed by atoms with E-state index in [2.05, 4.69) is 71.8 Å². The Bertz CT molecular complexity index is 1070. The average Bonchev–Trinajstić information content (AvgIpc) is 3.10. The fourth-order valence-corrected chi connectivity index (χ4v) is 4.00. The van der Waals surface area contributed by atoms with Crippen LogP contribution in [0, 0.1) is 11.3 Å². The monoisotopic (exact) mass is 390 g/mol. The normalized spacial score (nSPS) is 12.0. The number of anilines is 1. The van der Waals surface area contributed by atoms with Gasteiger partial charge in [0.25, 0.3) is 0 Å². The predicted octanol–water partition coefficient (Wildman–Crippen LogP) is 5.55. The second-order valence-electron chi connectivity index (χ2n) is 6.77. The summed E-state index contributed by atoms with van der Waals surface area (Å²) >= 11 is 0.997. The van der Waals surface area contributed by atoms with E-state index < -0.39 is 0 Å². The van der Waals surface area contributed by atoms with Gasteiger partial charge in [0, 0.05) is 37.2 Å². The summed E-state index contributed by atoms with van der Waals surface area (Å²) in [6.45, 7) is 8.31. The van der Waals surface area contributed by atoms with E-state index in [1.54, 1.807) is 0 Å². The minimum Gasteiger partial charge on any atom is -0.372 e. The second kappa shape index (κ2) is 8.55. The molecule has 3 rings (SSSR count). The van der Waals surface area contributed by atoms with Crippen molar-refractivity contribution in [1.29, 1.82) is 5.26 Å². The van der Waals surface area contributed by atoms with Crippen LogP contribution in [0.3, 0.4) is 0 Å². The number of nitriles is 1. The van der Waals surface area contributed by atoms with E-state index in [9.17, 15) is 5.26 Å². The molecular weight excluding hydrogens is 364 g/mol. The third kappa shape index (κ3) is 3.66. The highest BCUT2D eigenvalue weighted by molar-refractivity contribution is 8.01. The fourth-order valence-electron chi connectivity index (χ4n) is 3.67. The highest BCUT2D eigenvalue weighted by Crippen LogP contribution is 2.31. The molecule has 28 heavy (non-hydrogen) atoms. The SMILES string of the molecule is CCN(CC)c1ccc2cc(-c3ccc(/C(C)=C(\C#N)SN)n3C)ccc2c1. The Morgan fingerprint density at radius 2 is 1.75 bits per heavy atom. The molecule has 0 aliphatic carbocycles. The fraction of sp³-hybridized carbons (Fsp3) is 0.261. The molecule has 0 fully saturated rings. The molecule has 0 aliphatic rings. The molecule has 144 valence electrons. The zero-order valence-electron chi connectivity index (χ0n) is 16.9. The lowest BCUT2D eigenvalue weighted by Crippen LogP contribution is -2.21. The zero-order chi connectivity index (χ0) is 20.3. The third-order valence-corrected chi connectivity index (χ3v) is 5.95. The first-order valence-corrected chi connectivity index (χ1v) is 10.3. The smallest absolute Gasteiger partial charge is 0.108 e. The average molecular weight is 391 g/mol. The van der Waals surface area contributed by atoms with Gasteiger partial charge >= 0.3 is 0 Å². The van der Waals surface area contributed by atoms with Crippen LogP contribution >= 0.6 is 11.9 Å². The highest BCUT2D eigenvalue weighted by Gasteiger charge is 2.12. The van der Waals surface area contributed by atoms with Gasteiger partial charge in [-0.15, -0.1) is 0 Å². The van der Waals surface area contributed by atoms with Gasteiger partial charge in [-0.05, 0) is 85.0 Å². The van der Waals surface area contributed by atoms with Gasteiger partial charge in [-0.3, -0.25) is 5.14 Å². The van der Waals surface area contributed by atoms with Gasteiger partial charge in [0.1, 0.15) is 11.0 Å². The Kier molecular flexibility index (Phi) is 6.13. The van der Waals surface area contributed by atoms with Gasteiger partial charge in [0.05, 0.1) is 0 Å². The molecule has 0 saturated heterocycles. The van der Waals surface area contributed by atoms with Crippen molar-refractivity contribution < 1.29 is 0 Å². The number of aromatic nitrogens is 1. The molecular formula is C23H26N4S. The summed E-state index contributed by atoms with van der Waals surface area (Å²) in [6.07, 6.45) is 0. The molecule has 0 amide bonds. The molecule has 0 aliphatic heterocycles. The first kappa shape index (κ1) is 20.1. The predicted molar refractivity (Wildman–Crippen MR) is 122 cm³/mol. The quantitative estimate of drug-likeness (QED) is 0.443. The van der Waals surface area contributed by atoms with Crippen LogP contribution in [-0.4, -0.2) is 17.7 Å². The zero-order valence-corrected chi connectivity index (χ0v) is 17.7. The molecule has 0 spiro atoms. The molecule has 3 aromatic rings. The molecule has 0 atom stereocenters. The molecule has 0 radical (unpaired) electrons. The topological polar surface area (TPSA) is 58.0 Å². The standard InChI is InChI=1S/C23H26N4S/c1-5-27(6-2)20-10-9-17-13-19(8-7-18(17)14-20)22-12-11-21(26(22)4)16(3)23(15-24)28-25/h7-14H,5-6,25H2,1-4H3/b23-16+. The van der Waals surface area contributed by atoms with Gasteiger partial charge in [0.2, 0.25) is 0 Å². The van der Waals surface area contributed by atoms with Crippen molar-refractivity contribution in [2.45, 2.75) is 20.8 Å². The molecule has 1 aromatic heterocycles. The van der Waals surface area contributed by atoms with Gasteiger partial charge in [0.15, 0.2) is 0 Å². The second-order valence-corrected chi connectivity index (χ2v) is 7.41. The molecule has 0 saturated carbocycles. The van der Waals surface area contributed by atoms with E-state index >= 15 is 0 Å². The van der Waals surface area contributed by atoms with Crippen LogP contribution in [0.5, 0.6) is 0 Å². The lowest BCUT2D eigenvalue weighted by Gasteiger charge is -2.21. The van der Waals surface area contributed by atoms with E-state index in [0.717, 1.165) is 47.6 Å². The van der Waals surface area contributed by atoms with E-state index in [-0.39, 0.29) is 0 Å². The van der Waals surface area contributed by atoms with Crippen molar-refractivity contribution in [3.63, 3.8) is 0 Å². The summed E-state index contributed by atoms with van der Waals surface area (Å²) in [5.74, 6) is 0. The van der Waals surface area contributed by atoms with E-state index in [1.807, 2.05) is 20.0 Å². The van der Waals surface area contributed by atoms with Gasteiger partial charge in [-0.2, -0.15) is 5.26 Å². The van der Waals surface area contributed by atoms with Crippen molar-refractivity contribution in [3.8, 4) is 17.3 Å². The first-order chi connectivity index (χ1) is 13.5. The number of fused-ring (bicyclic) bond motifs is 1. The largest absolute Gasteiger partial charge is 0.372 e. The Hall–Kier alpha value is -2.68. The summed E-state index contributed by atoms with van der Waals surface area (Å²) in [5, 5.41) is 17.4. The number of hydrogen-bond donors (Lipinski definition) is 1.